The summed E-state index contributed by atoms with van der Waals surface area (Å²) in [6.45, 7) is 10.1. The normalized spacial score (nSPS) is 11.8. The molecule has 190 valence electrons. The molecule has 0 spiro atoms. The number of carbonyl (C=O) groups is 2. The second-order valence-electron chi connectivity index (χ2n) is 9.14. The molecule has 7 nitrogen and oxygen atoms in total. The second-order valence-corrected chi connectivity index (χ2v) is 10.1. The maximum absolute atomic E-state index is 13.6. The molecule has 1 heterocycles. The first-order chi connectivity index (χ1) is 17.2. The summed E-state index contributed by atoms with van der Waals surface area (Å²) >= 11 is 1.29. The average Bonchev–Trinajstić information content (AvgIpc) is 2.83. The van der Waals surface area contributed by atoms with E-state index in [1.165, 1.54) is 11.8 Å². The van der Waals surface area contributed by atoms with Crippen molar-refractivity contribution in [2.24, 2.45) is 5.92 Å². The van der Waals surface area contributed by atoms with Gasteiger partial charge in [0, 0.05) is 23.6 Å². The van der Waals surface area contributed by atoms with Crippen LogP contribution in [0.5, 0.6) is 5.75 Å². The van der Waals surface area contributed by atoms with Gasteiger partial charge < -0.3 is 15.0 Å². The van der Waals surface area contributed by atoms with E-state index < -0.39 is 6.04 Å². The van der Waals surface area contributed by atoms with Gasteiger partial charge in [0.25, 0.3) is 0 Å². The minimum atomic E-state index is -0.665. The van der Waals surface area contributed by atoms with Gasteiger partial charge in [-0.2, -0.15) is 0 Å². The zero-order valence-electron chi connectivity index (χ0n) is 21.7. The zero-order chi connectivity index (χ0) is 26.2. The molecular weight excluding hydrogens is 472 g/mol. The quantitative estimate of drug-likeness (QED) is 0.301. The van der Waals surface area contributed by atoms with Gasteiger partial charge >= 0.3 is 0 Å². The van der Waals surface area contributed by atoms with Crippen LogP contribution in [0.15, 0.2) is 59.8 Å². The number of carbonyl (C=O) groups excluding carboxylic acids is 2. The number of thioether (sulfide) groups is 1. The Bertz CT molecular complexity index is 1160. The fourth-order valence-electron chi connectivity index (χ4n) is 3.89. The van der Waals surface area contributed by atoms with Crippen LogP contribution in [0.4, 0.5) is 5.69 Å². The summed E-state index contributed by atoms with van der Waals surface area (Å²) < 4.78 is 5.20. The molecule has 0 aliphatic rings. The number of nitrogens with one attached hydrogen (secondary N) is 1. The van der Waals surface area contributed by atoms with Gasteiger partial charge in [0.15, 0.2) is 5.16 Å². The molecular formula is C28H34N4O3S. The Morgan fingerprint density at radius 3 is 2.14 bits per heavy atom. The van der Waals surface area contributed by atoms with Crippen molar-refractivity contribution in [3.05, 3.63) is 77.1 Å². The Labute approximate surface area is 217 Å². The lowest BCUT2D eigenvalue weighted by molar-refractivity contribution is -0.138. The molecule has 36 heavy (non-hydrogen) atoms. The molecule has 8 heteroatoms. The predicted molar refractivity (Wildman–Crippen MR) is 144 cm³/mol. The Morgan fingerprint density at radius 1 is 0.972 bits per heavy atom. The molecule has 0 fully saturated rings. The zero-order valence-corrected chi connectivity index (χ0v) is 22.6. The number of hydrogen-bond acceptors (Lipinski definition) is 6. The van der Waals surface area contributed by atoms with E-state index in [1.54, 1.807) is 36.3 Å². The van der Waals surface area contributed by atoms with E-state index >= 15 is 0 Å². The topological polar surface area (TPSA) is 84.4 Å². The van der Waals surface area contributed by atoms with Gasteiger partial charge in [-0.1, -0.05) is 55.4 Å². The fraction of sp³-hybridized carbons (Fsp3) is 0.357. The lowest BCUT2D eigenvalue weighted by Gasteiger charge is -2.33. The minimum absolute atomic E-state index is 0.111. The van der Waals surface area contributed by atoms with Gasteiger partial charge in [0.05, 0.1) is 12.9 Å². The number of rotatable bonds is 10. The summed E-state index contributed by atoms with van der Waals surface area (Å²) in [5, 5.41) is 3.53. The van der Waals surface area contributed by atoms with Crippen LogP contribution >= 0.6 is 11.8 Å². The lowest BCUT2D eigenvalue weighted by atomic mass is 10.00. The van der Waals surface area contributed by atoms with Gasteiger partial charge in [0.2, 0.25) is 11.8 Å². The van der Waals surface area contributed by atoms with Crippen LogP contribution in [0.3, 0.4) is 0 Å². The molecule has 3 aromatic rings. The van der Waals surface area contributed by atoms with Crippen molar-refractivity contribution in [2.45, 2.75) is 52.4 Å². The molecule has 1 unspecified atom stereocenters. The number of hydrogen-bond donors (Lipinski definition) is 1. The number of ether oxygens (including phenoxy) is 1. The molecule has 1 atom stereocenters. The van der Waals surface area contributed by atoms with E-state index in [1.807, 2.05) is 65.0 Å². The number of benzene rings is 2. The largest absolute Gasteiger partial charge is 0.497 e. The third-order valence-electron chi connectivity index (χ3n) is 5.67. The first-order valence-corrected chi connectivity index (χ1v) is 12.9. The number of nitrogens with zero attached hydrogens (tertiary/aromatic N) is 3. The molecule has 0 saturated carbocycles. The minimum Gasteiger partial charge on any atom is -0.497 e. The number of amides is 2. The third-order valence-corrected chi connectivity index (χ3v) is 6.51. The van der Waals surface area contributed by atoms with Gasteiger partial charge in [-0.05, 0) is 62.6 Å². The molecule has 2 amide bonds. The van der Waals surface area contributed by atoms with Crippen molar-refractivity contribution < 1.29 is 14.3 Å². The van der Waals surface area contributed by atoms with Crippen LogP contribution in [-0.2, 0) is 16.1 Å². The molecule has 1 N–H and O–H groups in total. The highest BCUT2D eigenvalue weighted by atomic mass is 32.2. The third kappa shape index (κ3) is 7.55. The van der Waals surface area contributed by atoms with E-state index in [-0.39, 0.29) is 23.5 Å². The Kier molecular flexibility index (Phi) is 9.47. The molecule has 0 aliphatic carbocycles. The summed E-state index contributed by atoms with van der Waals surface area (Å²) in [7, 11) is 1.60. The van der Waals surface area contributed by atoms with Crippen LogP contribution in [0.2, 0.25) is 0 Å². The summed E-state index contributed by atoms with van der Waals surface area (Å²) in [5.41, 5.74) is 4.45. The van der Waals surface area contributed by atoms with Crippen molar-refractivity contribution in [3.8, 4) is 5.75 Å². The number of aryl methyl sites for hydroxylation is 3. The highest BCUT2D eigenvalue weighted by Gasteiger charge is 2.33. The van der Waals surface area contributed by atoms with Crippen LogP contribution in [0, 0.1) is 26.7 Å². The molecule has 0 aliphatic heterocycles. The van der Waals surface area contributed by atoms with E-state index in [9.17, 15) is 9.59 Å². The SMILES string of the molecule is COc1ccc(NC(=O)C(C(C)C)N(Cc2ccc(C)cc2)C(=O)CSc2nc(C)cc(C)n2)cc1. The Morgan fingerprint density at radius 2 is 1.58 bits per heavy atom. The molecule has 2 aromatic carbocycles. The highest BCUT2D eigenvalue weighted by molar-refractivity contribution is 7.99. The summed E-state index contributed by atoms with van der Waals surface area (Å²) in [4.78, 5) is 37.6. The van der Waals surface area contributed by atoms with Crippen molar-refractivity contribution >= 4 is 29.3 Å². The Hall–Kier alpha value is -3.39. The van der Waals surface area contributed by atoms with Crippen LogP contribution < -0.4 is 10.1 Å². The van der Waals surface area contributed by atoms with Crippen molar-refractivity contribution in [1.82, 2.24) is 14.9 Å². The monoisotopic (exact) mass is 506 g/mol. The van der Waals surface area contributed by atoms with Gasteiger partial charge in [-0.15, -0.1) is 0 Å². The maximum atomic E-state index is 13.6. The molecule has 0 saturated heterocycles. The van der Waals surface area contributed by atoms with Crippen molar-refractivity contribution in [1.29, 1.82) is 0 Å². The first kappa shape index (κ1) is 27.2. The van der Waals surface area contributed by atoms with Gasteiger partial charge in [0.1, 0.15) is 11.8 Å². The Balaban J connectivity index is 1.85. The number of methoxy groups -OCH3 is 1. The standard InChI is InChI=1S/C28H34N4O3S/c1-18(2)26(27(34)31-23-11-13-24(35-6)14-12-23)32(16-22-9-7-19(3)8-10-22)25(33)17-36-28-29-20(4)15-21(5)30-28/h7-15,18,26H,16-17H2,1-6H3,(H,31,34). The van der Waals surface area contributed by atoms with Crippen LogP contribution in [0.25, 0.3) is 0 Å². The van der Waals surface area contributed by atoms with Gasteiger partial charge in [-0.3, -0.25) is 9.59 Å². The maximum Gasteiger partial charge on any atom is 0.247 e. The number of aromatic nitrogens is 2. The smallest absolute Gasteiger partial charge is 0.247 e. The molecule has 0 bridgehead atoms. The summed E-state index contributed by atoms with van der Waals surface area (Å²) in [6, 6.07) is 16.4. The predicted octanol–water partition coefficient (Wildman–Crippen LogP) is 5.19. The van der Waals surface area contributed by atoms with Gasteiger partial charge in [-0.25, -0.2) is 9.97 Å². The molecule has 3 rings (SSSR count). The van der Waals surface area contributed by atoms with E-state index in [2.05, 4.69) is 15.3 Å². The van der Waals surface area contributed by atoms with Crippen molar-refractivity contribution in [2.75, 3.05) is 18.2 Å². The van der Waals surface area contributed by atoms with Crippen molar-refractivity contribution in [3.63, 3.8) is 0 Å². The number of anilines is 1. The van der Waals surface area contributed by atoms with Crippen LogP contribution in [-0.4, -0.2) is 45.6 Å². The van der Waals surface area contributed by atoms with E-state index in [4.69, 9.17) is 4.74 Å². The van der Waals surface area contributed by atoms with E-state index in [0.29, 0.717) is 23.1 Å². The highest BCUT2D eigenvalue weighted by Crippen LogP contribution is 2.22. The first-order valence-electron chi connectivity index (χ1n) is 11.9. The summed E-state index contributed by atoms with van der Waals surface area (Å²) in [6.07, 6.45) is 0. The average molecular weight is 507 g/mol. The molecule has 0 radical (unpaired) electrons. The lowest BCUT2D eigenvalue weighted by Crippen LogP contribution is -2.50. The molecule has 1 aromatic heterocycles. The second kappa shape index (κ2) is 12.5. The summed E-state index contributed by atoms with van der Waals surface area (Å²) in [5.74, 6) is 0.346. The fourth-order valence-corrected chi connectivity index (χ4v) is 4.73. The van der Waals surface area contributed by atoms with E-state index in [0.717, 1.165) is 22.5 Å². The van der Waals surface area contributed by atoms with Crippen LogP contribution in [0.1, 0.15) is 36.4 Å².